The lowest BCUT2D eigenvalue weighted by Gasteiger charge is -2.33. The van der Waals surface area contributed by atoms with Crippen LogP contribution in [0.3, 0.4) is 0 Å². The largest absolute Gasteiger partial charge is 0.495 e. The van der Waals surface area contributed by atoms with Gasteiger partial charge in [0.25, 0.3) is 5.91 Å². The molecule has 1 amide bonds. The molecular weight excluding hydrogens is 496 g/mol. The summed E-state index contributed by atoms with van der Waals surface area (Å²) in [4.78, 5) is 26.9. The lowest BCUT2D eigenvalue weighted by molar-refractivity contribution is 0.0836. The highest BCUT2D eigenvalue weighted by atomic mass is 79.9. The Labute approximate surface area is 206 Å². The Balaban J connectivity index is 1.50. The summed E-state index contributed by atoms with van der Waals surface area (Å²) in [5.74, 6) is 1.67. The van der Waals surface area contributed by atoms with E-state index in [1.165, 1.54) is 12.7 Å². The minimum atomic E-state index is -0.125. The van der Waals surface area contributed by atoms with Crippen molar-refractivity contribution < 1.29 is 9.53 Å². The molecule has 0 radical (unpaired) electrons. The zero-order chi connectivity index (χ0) is 23.8. The van der Waals surface area contributed by atoms with Gasteiger partial charge in [-0.15, -0.1) is 0 Å². The van der Waals surface area contributed by atoms with Crippen molar-refractivity contribution in [2.75, 3.05) is 25.1 Å². The van der Waals surface area contributed by atoms with Crippen LogP contribution in [0.5, 0.6) is 5.75 Å². The molecule has 3 heterocycles. The fourth-order valence-corrected chi connectivity index (χ4v) is 5.01. The molecule has 0 saturated carbocycles. The third-order valence-electron chi connectivity index (χ3n) is 6.14. The van der Waals surface area contributed by atoms with Gasteiger partial charge in [0.05, 0.1) is 31.8 Å². The van der Waals surface area contributed by atoms with Gasteiger partial charge in [-0.3, -0.25) is 14.6 Å². The normalized spacial score (nSPS) is 16.7. The van der Waals surface area contributed by atoms with Crippen molar-refractivity contribution in [2.24, 2.45) is 4.99 Å². The maximum atomic E-state index is 13.6. The molecule has 0 fully saturated rings. The molecule has 0 aliphatic carbocycles. The van der Waals surface area contributed by atoms with Gasteiger partial charge >= 0.3 is 0 Å². The number of rotatable bonds is 6. The number of aliphatic imine (C=N–C) groups is 1. The van der Waals surface area contributed by atoms with Crippen molar-refractivity contribution in [1.29, 1.82) is 5.26 Å². The molecule has 0 bridgehead atoms. The zero-order valence-electron chi connectivity index (χ0n) is 18.9. The zero-order valence-corrected chi connectivity index (χ0v) is 20.5. The molecule has 0 N–H and O–H groups in total. The Bertz CT molecular complexity index is 1330. The minimum absolute atomic E-state index is 0.0360. The maximum Gasteiger partial charge on any atom is 0.281 e. The van der Waals surface area contributed by atoms with Gasteiger partial charge in [-0.2, -0.15) is 5.26 Å². The quantitative estimate of drug-likeness (QED) is 0.494. The van der Waals surface area contributed by atoms with E-state index in [2.05, 4.69) is 34.1 Å². The van der Waals surface area contributed by atoms with Gasteiger partial charge in [-0.05, 0) is 52.5 Å². The van der Waals surface area contributed by atoms with E-state index in [0.29, 0.717) is 53.2 Å². The molecule has 172 valence electrons. The summed E-state index contributed by atoms with van der Waals surface area (Å²) in [7, 11) is 1.54. The van der Waals surface area contributed by atoms with Crippen molar-refractivity contribution in [1.82, 2.24) is 14.5 Å². The van der Waals surface area contributed by atoms with E-state index in [-0.39, 0.29) is 11.9 Å². The molecule has 2 aliphatic heterocycles. The number of benzene rings is 2. The molecule has 5 rings (SSSR count). The number of hydrogen-bond donors (Lipinski definition) is 0. The monoisotopic (exact) mass is 518 g/mol. The average molecular weight is 519 g/mol. The Hall–Kier alpha value is -3.64. The highest BCUT2D eigenvalue weighted by Gasteiger charge is 2.43. The van der Waals surface area contributed by atoms with Crippen LogP contribution < -0.4 is 9.64 Å². The van der Waals surface area contributed by atoms with Gasteiger partial charge in [0, 0.05) is 6.54 Å². The molecule has 0 spiro atoms. The smallest absolute Gasteiger partial charge is 0.281 e. The van der Waals surface area contributed by atoms with Gasteiger partial charge < -0.3 is 9.30 Å². The second-order valence-corrected chi connectivity index (χ2v) is 8.93. The summed E-state index contributed by atoms with van der Waals surface area (Å²) in [5.41, 5.74) is 3.05. The van der Waals surface area contributed by atoms with Crippen molar-refractivity contribution in [2.45, 2.75) is 25.9 Å². The first-order valence-corrected chi connectivity index (χ1v) is 11.9. The number of halogens is 1. The molecule has 3 aromatic rings. The summed E-state index contributed by atoms with van der Waals surface area (Å²) >= 11 is 3.56. The molecular formula is C25H23BrN6O2. The van der Waals surface area contributed by atoms with Crippen LogP contribution in [0, 0.1) is 11.3 Å². The molecule has 2 aliphatic rings. The van der Waals surface area contributed by atoms with Crippen LogP contribution in [0.1, 0.15) is 34.1 Å². The van der Waals surface area contributed by atoms with E-state index in [4.69, 9.17) is 14.7 Å². The van der Waals surface area contributed by atoms with Gasteiger partial charge in [0.2, 0.25) is 5.96 Å². The third kappa shape index (κ3) is 3.74. The Morgan fingerprint density at radius 1 is 1.21 bits per heavy atom. The first-order valence-electron chi connectivity index (χ1n) is 11.1. The Morgan fingerprint density at radius 3 is 2.71 bits per heavy atom. The standard InChI is InChI=1S/C25H23BrN6O2/c1-3-30-23(33)21-22(32-15-19(28-25(30)32)12-16-7-5-4-6-8-16)29-24(26)31(21)14-17-9-10-20(34-2)18(11-17)13-27/h4-11,19H,3,12,14-15H2,1-2H3/t19-/m1/s1. The molecule has 0 saturated heterocycles. The average Bonchev–Trinajstić information content (AvgIpc) is 3.41. The number of hydrogen-bond acceptors (Lipinski definition) is 6. The highest BCUT2D eigenvalue weighted by molar-refractivity contribution is 9.10. The highest BCUT2D eigenvalue weighted by Crippen LogP contribution is 2.35. The number of methoxy groups -OCH3 is 1. The summed E-state index contributed by atoms with van der Waals surface area (Å²) in [6.07, 6.45) is 0.798. The Morgan fingerprint density at radius 2 is 2.00 bits per heavy atom. The van der Waals surface area contributed by atoms with E-state index in [1.807, 2.05) is 40.7 Å². The van der Waals surface area contributed by atoms with E-state index in [0.717, 1.165) is 12.0 Å². The number of nitrogens with zero attached hydrogens (tertiary/aromatic N) is 6. The maximum absolute atomic E-state index is 13.6. The second-order valence-electron chi connectivity index (χ2n) is 8.22. The topological polar surface area (TPSA) is 86.8 Å². The van der Waals surface area contributed by atoms with Gasteiger partial charge in [0.15, 0.2) is 16.2 Å². The van der Waals surface area contributed by atoms with Crippen LogP contribution in [0.15, 0.2) is 58.3 Å². The van der Waals surface area contributed by atoms with Crippen molar-refractivity contribution in [3.05, 3.63) is 75.6 Å². The number of nitriles is 1. The number of ether oxygens (including phenoxy) is 1. The predicted molar refractivity (Wildman–Crippen MR) is 132 cm³/mol. The molecule has 0 unspecified atom stereocenters. The Kier molecular flexibility index (Phi) is 5.84. The summed E-state index contributed by atoms with van der Waals surface area (Å²) in [6.45, 7) is 3.51. The fraction of sp³-hybridized carbons (Fsp3) is 0.280. The van der Waals surface area contributed by atoms with Crippen LogP contribution in [0.25, 0.3) is 0 Å². The molecule has 2 aromatic carbocycles. The van der Waals surface area contributed by atoms with E-state index < -0.39 is 0 Å². The van der Waals surface area contributed by atoms with E-state index in [9.17, 15) is 10.1 Å². The van der Waals surface area contributed by atoms with Gasteiger partial charge in [-0.25, -0.2) is 9.98 Å². The lowest BCUT2D eigenvalue weighted by atomic mass is 10.1. The van der Waals surface area contributed by atoms with Crippen LogP contribution in [-0.2, 0) is 13.0 Å². The first-order chi connectivity index (χ1) is 16.5. The summed E-state index contributed by atoms with van der Waals surface area (Å²) in [6, 6.07) is 17.9. The summed E-state index contributed by atoms with van der Waals surface area (Å²) < 4.78 is 7.67. The van der Waals surface area contributed by atoms with Crippen LogP contribution in [0.2, 0.25) is 0 Å². The number of fused-ring (bicyclic) bond motifs is 3. The molecule has 34 heavy (non-hydrogen) atoms. The second kappa shape index (κ2) is 8.95. The van der Waals surface area contributed by atoms with Gasteiger partial charge in [-0.1, -0.05) is 36.4 Å². The van der Waals surface area contributed by atoms with Crippen molar-refractivity contribution >= 4 is 33.6 Å². The number of carbonyl (C=O) groups is 1. The number of anilines is 1. The summed E-state index contributed by atoms with van der Waals surface area (Å²) in [5, 5.41) is 9.45. The molecule has 9 heteroatoms. The number of aromatic nitrogens is 2. The van der Waals surface area contributed by atoms with Crippen LogP contribution >= 0.6 is 15.9 Å². The van der Waals surface area contributed by atoms with Crippen LogP contribution in [0.4, 0.5) is 5.82 Å². The molecule has 1 atom stereocenters. The number of amides is 1. The SMILES string of the molecule is CCN1C(=O)c2c(nc(Br)n2Cc2ccc(OC)c(C#N)c2)N2C[C@@H](Cc3ccccc3)N=C12. The van der Waals surface area contributed by atoms with Gasteiger partial charge in [0.1, 0.15) is 11.8 Å². The lowest BCUT2D eigenvalue weighted by Crippen LogP contribution is -2.50. The fourth-order valence-electron chi connectivity index (χ4n) is 4.54. The van der Waals surface area contributed by atoms with Crippen LogP contribution in [-0.4, -0.2) is 52.6 Å². The van der Waals surface area contributed by atoms with Crippen molar-refractivity contribution in [3.63, 3.8) is 0 Å². The van der Waals surface area contributed by atoms with E-state index in [1.54, 1.807) is 17.0 Å². The number of carbonyl (C=O) groups excluding carboxylic acids is 1. The van der Waals surface area contributed by atoms with E-state index >= 15 is 0 Å². The molecule has 8 nitrogen and oxygen atoms in total. The molecule has 1 aromatic heterocycles. The van der Waals surface area contributed by atoms with Crippen molar-refractivity contribution in [3.8, 4) is 11.8 Å². The number of guanidine groups is 1. The third-order valence-corrected chi connectivity index (χ3v) is 6.74. The number of imidazole rings is 1. The first kappa shape index (κ1) is 22.2. The minimum Gasteiger partial charge on any atom is -0.495 e. The predicted octanol–water partition coefficient (Wildman–Crippen LogP) is 3.84.